The lowest BCUT2D eigenvalue weighted by molar-refractivity contribution is 0.306. The summed E-state index contributed by atoms with van der Waals surface area (Å²) in [7, 11) is 0. The molecule has 0 saturated heterocycles. The summed E-state index contributed by atoms with van der Waals surface area (Å²) in [6.45, 7) is 5.87. The van der Waals surface area contributed by atoms with Gasteiger partial charge in [-0.05, 0) is 42.5 Å². The van der Waals surface area contributed by atoms with E-state index in [1.54, 1.807) is 0 Å². The first-order valence-electron chi connectivity index (χ1n) is 8.74. The third-order valence-electron chi connectivity index (χ3n) is 3.90. The van der Waals surface area contributed by atoms with Crippen molar-refractivity contribution in [3.63, 3.8) is 0 Å². The van der Waals surface area contributed by atoms with E-state index in [-0.39, 0.29) is 0 Å². The van der Waals surface area contributed by atoms with Crippen LogP contribution in [0.3, 0.4) is 0 Å². The highest BCUT2D eigenvalue weighted by Crippen LogP contribution is 2.35. The summed E-state index contributed by atoms with van der Waals surface area (Å²) in [5.74, 6) is 1.70. The quantitative estimate of drug-likeness (QED) is 0.454. The van der Waals surface area contributed by atoms with Crippen LogP contribution in [0.25, 0.3) is 10.8 Å². The van der Waals surface area contributed by atoms with Gasteiger partial charge >= 0.3 is 0 Å². The molecule has 0 N–H and O–H groups in total. The number of fused-ring (bicyclic) bond motifs is 1. The standard InChI is InChI=1S/C20H27ClO2/c1-3-5-7-13-22-17-10-11-18-16(15-17)9-12-19(21)20(18)23-14-8-6-4-2/h9-12,15H,3-8,13-14H2,1-2H3. The Morgan fingerprint density at radius 1 is 0.826 bits per heavy atom. The maximum atomic E-state index is 6.32. The molecule has 0 amide bonds. The summed E-state index contributed by atoms with van der Waals surface area (Å²) >= 11 is 6.32. The van der Waals surface area contributed by atoms with Crippen molar-refractivity contribution < 1.29 is 9.47 Å². The van der Waals surface area contributed by atoms with Gasteiger partial charge in [0.2, 0.25) is 0 Å². The van der Waals surface area contributed by atoms with Crippen LogP contribution in [-0.2, 0) is 0 Å². The average molecular weight is 335 g/mol. The molecule has 0 saturated carbocycles. The molecule has 0 fully saturated rings. The van der Waals surface area contributed by atoms with Gasteiger partial charge in [-0.15, -0.1) is 0 Å². The molecule has 0 heterocycles. The third-order valence-corrected chi connectivity index (χ3v) is 4.20. The van der Waals surface area contributed by atoms with Gasteiger partial charge in [-0.1, -0.05) is 57.2 Å². The molecule has 0 bridgehead atoms. The maximum absolute atomic E-state index is 6.32. The molecule has 2 rings (SSSR count). The third kappa shape index (κ3) is 5.31. The Bertz CT molecular complexity index is 610. The van der Waals surface area contributed by atoms with Crippen LogP contribution in [0.5, 0.6) is 11.5 Å². The van der Waals surface area contributed by atoms with E-state index in [1.165, 1.54) is 25.7 Å². The van der Waals surface area contributed by atoms with E-state index in [0.29, 0.717) is 11.6 Å². The molecular weight excluding hydrogens is 308 g/mol. The van der Waals surface area contributed by atoms with Gasteiger partial charge in [-0.25, -0.2) is 0 Å². The van der Waals surface area contributed by atoms with E-state index in [2.05, 4.69) is 19.9 Å². The van der Waals surface area contributed by atoms with E-state index >= 15 is 0 Å². The van der Waals surface area contributed by atoms with E-state index in [1.807, 2.05) is 24.3 Å². The highest BCUT2D eigenvalue weighted by atomic mass is 35.5. The lowest BCUT2D eigenvalue weighted by Gasteiger charge is -2.12. The Kier molecular flexibility index (Phi) is 7.54. The molecule has 3 heteroatoms. The fourth-order valence-electron chi connectivity index (χ4n) is 2.56. The van der Waals surface area contributed by atoms with E-state index in [9.17, 15) is 0 Å². The second-order valence-corrected chi connectivity index (χ2v) is 6.28. The molecule has 2 aromatic carbocycles. The van der Waals surface area contributed by atoms with Gasteiger partial charge in [0.1, 0.15) is 11.5 Å². The van der Waals surface area contributed by atoms with Gasteiger partial charge in [0, 0.05) is 5.39 Å². The Morgan fingerprint density at radius 3 is 2.22 bits per heavy atom. The second kappa shape index (κ2) is 9.67. The van der Waals surface area contributed by atoms with Crippen molar-refractivity contribution in [1.82, 2.24) is 0 Å². The molecule has 0 atom stereocenters. The fourth-order valence-corrected chi connectivity index (χ4v) is 2.78. The number of halogens is 1. The first-order valence-corrected chi connectivity index (χ1v) is 9.12. The lowest BCUT2D eigenvalue weighted by atomic mass is 10.1. The van der Waals surface area contributed by atoms with Gasteiger partial charge in [0.25, 0.3) is 0 Å². The number of benzene rings is 2. The SMILES string of the molecule is CCCCCOc1ccc2c(OCCCCC)c(Cl)ccc2c1. The predicted octanol–water partition coefficient (Wildman–Crippen LogP) is 6.63. The van der Waals surface area contributed by atoms with Crippen molar-refractivity contribution >= 4 is 22.4 Å². The monoisotopic (exact) mass is 334 g/mol. The maximum Gasteiger partial charge on any atom is 0.145 e. The smallest absolute Gasteiger partial charge is 0.145 e. The van der Waals surface area contributed by atoms with Crippen molar-refractivity contribution in [3.05, 3.63) is 35.4 Å². The van der Waals surface area contributed by atoms with Crippen molar-refractivity contribution in [2.24, 2.45) is 0 Å². The topological polar surface area (TPSA) is 18.5 Å². The molecule has 0 aliphatic heterocycles. The van der Waals surface area contributed by atoms with Gasteiger partial charge in [0.15, 0.2) is 0 Å². The summed E-state index contributed by atoms with van der Waals surface area (Å²) in [6.07, 6.45) is 6.93. The summed E-state index contributed by atoms with van der Waals surface area (Å²) in [5.41, 5.74) is 0. The van der Waals surface area contributed by atoms with E-state index in [0.717, 1.165) is 41.7 Å². The van der Waals surface area contributed by atoms with Crippen molar-refractivity contribution in [1.29, 1.82) is 0 Å². The number of ether oxygens (including phenoxy) is 2. The van der Waals surface area contributed by atoms with Crippen molar-refractivity contribution in [2.75, 3.05) is 13.2 Å². The van der Waals surface area contributed by atoms with E-state index < -0.39 is 0 Å². The average Bonchev–Trinajstić information content (AvgIpc) is 2.57. The van der Waals surface area contributed by atoms with Crippen molar-refractivity contribution in [2.45, 2.75) is 52.4 Å². The number of rotatable bonds is 10. The molecule has 126 valence electrons. The fraction of sp³-hybridized carbons (Fsp3) is 0.500. The largest absolute Gasteiger partial charge is 0.494 e. The summed E-state index contributed by atoms with van der Waals surface area (Å²) in [5, 5.41) is 2.83. The normalized spacial score (nSPS) is 10.9. The van der Waals surface area contributed by atoms with Gasteiger partial charge < -0.3 is 9.47 Å². The Labute approximate surface area is 144 Å². The van der Waals surface area contributed by atoms with E-state index in [4.69, 9.17) is 21.1 Å². The van der Waals surface area contributed by atoms with Crippen LogP contribution in [-0.4, -0.2) is 13.2 Å². The zero-order valence-corrected chi connectivity index (χ0v) is 15.0. The minimum Gasteiger partial charge on any atom is -0.494 e. The number of hydrogen-bond donors (Lipinski definition) is 0. The molecule has 0 unspecified atom stereocenters. The molecule has 0 aliphatic carbocycles. The Balaban J connectivity index is 2.09. The highest BCUT2D eigenvalue weighted by Gasteiger charge is 2.08. The Hall–Kier alpha value is -1.41. The van der Waals surface area contributed by atoms with Crippen LogP contribution >= 0.6 is 11.6 Å². The minimum absolute atomic E-state index is 0.672. The van der Waals surface area contributed by atoms with Crippen LogP contribution in [0.2, 0.25) is 5.02 Å². The number of hydrogen-bond acceptors (Lipinski definition) is 2. The summed E-state index contributed by atoms with van der Waals surface area (Å²) in [4.78, 5) is 0. The van der Waals surface area contributed by atoms with Crippen LogP contribution in [0.4, 0.5) is 0 Å². The van der Waals surface area contributed by atoms with Crippen LogP contribution in [0.1, 0.15) is 52.4 Å². The molecular formula is C20H27ClO2. The van der Waals surface area contributed by atoms with Gasteiger partial charge in [-0.3, -0.25) is 0 Å². The molecule has 23 heavy (non-hydrogen) atoms. The first kappa shape index (κ1) is 17.9. The summed E-state index contributed by atoms with van der Waals surface area (Å²) in [6, 6.07) is 10.0. The molecule has 0 radical (unpaired) electrons. The zero-order chi connectivity index (χ0) is 16.5. The molecule has 2 aromatic rings. The minimum atomic E-state index is 0.672. The molecule has 2 nitrogen and oxygen atoms in total. The summed E-state index contributed by atoms with van der Waals surface area (Å²) < 4.78 is 11.8. The first-order chi connectivity index (χ1) is 11.3. The molecule has 0 spiro atoms. The van der Waals surface area contributed by atoms with Crippen molar-refractivity contribution in [3.8, 4) is 11.5 Å². The molecule has 0 aromatic heterocycles. The lowest BCUT2D eigenvalue weighted by Crippen LogP contribution is -1.99. The zero-order valence-electron chi connectivity index (χ0n) is 14.2. The van der Waals surface area contributed by atoms with Crippen LogP contribution in [0, 0.1) is 0 Å². The van der Waals surface area contributed by atoms with Crippen LogP contribution < -0.4 is 9.47 Å². The van der Waals surface area contributed by atoms with Crippen LogP contribution in [0.15, 0.2) is 30.3 Å². The highest BCUT2D eigenvalue weighted by molar-refractivity contribution is 6.33. The second-order valence-electron chi connectivity index (χ2n) is 5.87. The van der Waals surface area contributed by atoms with Gasteiger partial charge in [-0.2, -0.15) is 0 Å². The number of unbranched alkanes of at least 4 members (excludes halogenated alkanes) is 4. The van der Waals surface area contributed by atoms with Gasteiger partial charge in [0.05, 0.1) is 18.2 Å². The Morgan fingerprint density at radius 2 is 1.52 bits per heavy atom. The predicted molar refractivity (Wildman–Crippen MR) is 99.0 cm³/mol. The molecule has 0 aliphatic rings.